The second-order valence-electron chi connectivity index (χ2n) is 6.70. The quantitative estimate of drug-likeness (QED) is 0.806. The number of amides is 2. The lowest BCUT2D eigenvalue weighted by Crippen LogP contribution is -2.43. The van der Waals surface area contributed by atoms with Crippen LogP contribution in [0.2, 0.25) is 0 Å². The minimum atomic E-state index is -0.399. The summed E-state index contributed by atoms with van der Waals surface area (Å²) in [6.07, 6.45) is 3.13. The van der Waals surface area contributed by atoms with E-state index in [4.69, 9.17) is 0 Å². The van der Waals surface area contributed by atoms with Gasteiger partial charge in [-0.15, -0.1) is 0 Å². The average molecular weight is 334 g/mol. The molecular weight excluding hydrogens is 311 g/mol. The van der Waals surface area contributed by atoms with E-state index in [0.29, 0.717) is 18.8 Å². The van der Waals surface area contributed by atoms with Gasteiger partial charge in [-0.1, -0.05) is 0 Å². The van der Waals surface area contributed by atoms with Gasteiger partial charge >= 0.3 is 0 Å². The maximum Gasteiger partial charge on any atom is 0.236 e. The van der Waals surface area contributed by atoms with Crippen LogP contribution in [0.25, 0.3) is 0 Å². The molecule has 0 saturated carbocycles. The first kappa shape index (κ1) is 16.8. The number of pyridine rings is 1. The Morgan fingerprint density at radius 3 is 2.67 bits per heavy atom. The molecule has 0 N–H and O–H groups in total. The normalized spacial score (nSPS) is 23.4. The highest BCUT2D eigenvalue weighted by Gasteiger charge is 2.44. The van der Waals surface area contributed by atoms with Crippen molar-refractivity contribution in [3.05, 3.63) is 29.8 Å². The van der Waals surface area contributed by atoms with Gasteiger partial charge in [-0.05, 0) is 25.0 Å². The number of halogens is 1. The summed E-state index contributed by atoms with van der Waals surface area (Å²) in [4.78, 5) is 34.2. The number of aromatic nitrogens is 1. The van der Waals surface area contributed by atoms with Crippen LogP contribution in [0.1, 0.15) is 18.5 Å². The molecule has 7 heteroatoms. The molecular formula is C17H23FN4O2. The Labute approximate surface area is 141 Å². The number of carbonyl (C=O) groups excluding carboxylic acids is 2. The first-order valence-electron chi connectivity index (χ1n) is 8.30. The predicted octanol–water partition coefficient (Wildman–Crippen LogP) is 0.527. The highest BCUT2D eigenvalue weighted by Crippen LogP contribution is 2.31. The first-order chi connectivity index (χ1) is 11.5. The molecule has 130 valence electrons. The van der Waals surface area contributed by atoms with E-state index in [1.165, 1.54) is 6.07 Å². The predicted molar refractivity (Wildman–Crippen MR) is 86.7 cm³/mol. The maximum atomic E-state index is 12.9. The van der Waals surface area contributed by atoms with Crippen LogP contribution in [0.3, 0.4) is 0 Å². The molecule has 3 heterocycles. The Bertz CT molecular complexity index is 620. The molecule has 2 saturated heterocycles. The van der Waals surface area contributed by atoms with Crippen LogP contribution in [-0.4, -0.2) is 77.3 Å². The van der Waals surface area contributed by atoms with Crippen LogP contribution in [-0.2, 0) is 16.0 Å². The van der Waals surface area contributed by atoms with Gasteiger partial charge in [0.05, 0.1) is 19.2 Å². The van der Waals surface area contributed by atoms with E-state index >= 15 is 0 Å². The molecule has 2 aliphatic heterocycles. The van der Waals surface area contributed by atoms with Crippen molar-refractivity contribution in [3.63, 3.8) is 0 Å². The van der Waals surface area contributed by atoms with Gasteiger partial charge in [-0.2, -0.15) is 0 Å². The summed E-state index contributed by atoms with van der Waals surface area (Å²) in [6, 6.07) is 3.32. The molecule has 2 fully saturated rings. The maximum absolute atomic E-state index is 12.9. The molecule has 6 nitrogen and oxygen atoms in total. The third kappa shape index (κ3) is 3.40. The number of hydrogen-bond donors (Lipinski definition) is 0. The van der Waals surface area contributed by atoms with Crippen molar-refractivity contribution in [2.24, 2.45) is 0 Å². The van der Waals surface area contributed by atoms with E-state index < -0.39 is 5.82 Å². The van der Waals surface area contributed by atoms with Gasteiger partial charge in [0.2, 0.25) is 11.8 Å². The van der Waals surface area contributed by atoms with Gasteiger partial charge in [0, 0.05) is 45.0 Å². The Morgan fingerprint density at radius 2 is 2.00 bits per heavy atom. The number of likely N-dealkylation sites (tertiary alicyclic amines) is 2. The summed E-state index contributed by atoms with van der Waals surface area (Å²) in [6.45, 7) is 1.96. The monoisotopic (exact) mass is 334 g/mol. The topological polar surface area (TPSA) is 56.8 Å². The molecule has 0 aromatic carbocycles. The molecule has 0 aliphatic carbocycles. The lowest BCUT2D eigenvalue weighted by Gasteiger charge is -2.26. The Morgan fingerprint density at radius 1 is 1.25 bits per heavy atom. The van der Waals surface area contributed by atoms with Gasteiger partial charge < -0.3 is 9.80 Å². The van der Waals surface area contributed by atoms with E-state index in [0.717, 1.165) is 25.6 Å². The smallest absolute Gasteiger partial charge is 0.236 e. The fourth-order valence-electron chi connectivity index (χ4n) is 3.66. The second kappa shape index (κ2) is 6.84. The number of carbonyl (C=O) groups is 2. The standard InChI is InChI=1S/C17H23FN4O2/c1-20(2)17(24)11-21-7-5-15-14(21)6-8-22(15)16(23)9-13-4-3-12(18)10-19-13/h3-4,10,14-15H,5-9,11H2,1-2H3/t14-,15+/m0/s1. The molecule has 1 aromatic heterocycles. The molecule has 3 rings (SSSR count). The number of rotatable bonds is 4. The van der Waals surface area contributed by atoms with Crippen LogP contribution in [0.4, 0.5) is 4.39 Å². The fraction of sp³-hybridized carbons (Fsp3) is 0.588. The van der Waals surface area contributed by atoms with E-state index in [-0.39, 0.29) is 30.3 Å². The SMILES string of the molecule is CN(C)C(=O)CN1CC[C@@H]2[C@@H]1CCN2C(=O)Cc1ccc(F)cn1. The lowest BCUT2D eigenvalue weighted by molar-refractivity contribution is -0.131. The van der Waals surface area contributed by atoms with Gasteiger partial charge in [-0.25, -0.2) is 4.39 Å². The van der Waals surface area contributed by atoms with Crippen molar-refractivity contribution in [2.75, 3.05) is 33.7 Å². The highest BCUT2D eigenvalue weighted by atomic mass is 19.1. The molecule has 24 heavy (non-hydrogen) atoms. The highest BCUT2D eigenvalue weighted by molar-refractivity contribution is 5.79. The van der Waals surface area contributed by atoms with Crippen molar-refractivity contribution < 1.29 is 14.0 Å². The van der Waals surface area contributed by atoms with Crippen LogP contribution >= 0.6 is 0 Å². The fourth-order valence-corrected chi connectivity index (χ4v) is 3.66. The van der Waals surface area contributed by atoms with Gasteiger partial charge in [0.25, 0.3) is 0 Å². The molecule has 0 bridgehead atoms. The van der Waals surface area contributed by atoms with Crippen LogP contribution in [0, 0.1) is 5.82 Å². The second-order valence-corrected chi connectivity index (χ2v) is 6.70. The Balaban J connectivity index is 1.60. The summed E-state index contributed by atoms with van der Waals surface area (Å²) < 4.78 is 12.9. The third-order valence-corrected chi connectivity index (χ3v) is 4.97. The van der Waals surface area contributed by atoms with Crippen molar-refractivity contribution >= 4 is 11.8 Å². The minimum Gasteiger partial charge on any atom is -0.348 e. The minimum absolute atomic E-state index is 0.0300. The summed E-state index contributed by atoms with van der Waals surface area (Å²) in [5.41, 5.74) is 0.586. The van der Waals surface area contributed by atoms with Crippen molar-refractivity contribution in [2.45, 2.75) is 31.3 Å². The summed E-state index contributed by atoms with van der Waals surface area (Å²) in [5.74, 6) is -0.275. The Kier molecular flexibility index (Phi) is 4.80. The number of likely N-dealkylation sites (N-methyl/N-ethyl adjacent to an activating group) is 1. The molecule has 2 atom stereocenters. The average Bonchev–Trinajstić information content (AvgIpc) is 3.12. The molecule has 2 amide bonds. The third-order valence-electron chi connectivity index (χ3n) is 4.97. The summed E-state index contributed by atoms with van der Waals surface area (Å²) in [5, 5.41) is 0. The van der Waals surface area contributed by atoms with Crippen molar-refractivity contribution in [1.82, 2.24) is 19.7 Å². The zero-order chi connectivity index (χ0) is 17.3. The van der Waals surface area contributed by atoms with Gasteiger partial charge in [0.1, 0.15) is 5.82 Å². The first-order valence-corrected chi connectivity index (χ1v) is 8.30. The molecule has 0 unspecified atom stereocenters. The van der Waals surface area contributed by atoms with E-state index in [2.05, 4.69) is 9.88 Å². The van der Waals surface area contributed by atoms with Crippen LogP contribution < -0.4 is 0 Å². The van der Waals surface area contributed by atoms with E-state index in [9.17, 15) is 14.0 Å². The zero-order valence-electron chi connectivity index (χ0n) is 14.1. The van der Waals surface area contributed by atoms with Crippen LogP contribution in [0.5, 0.6) is 0 Å². The lowest BCUT2D eigenvalue weighted by atomic mass is 10.1. The number of nitrogens with zero attached hydrogens (tertiary/aromatic N) is 4. The Hall–Kier alpha value is -2.02. The molecule has 0 radical (unpaired) electrons. The van der Waals surface area contributed by atoms with E-state index in [1.54, 1.807) is 25.1 Å². The number of fused-ring (bicyclic) bond motifs is 1. The molecule has 1 aromatic rings. The number of hydrogen-bond acceptors (Lipinski definition) is 4. The summed E-state index contributed by atoms with van der Waals surface area (Å²) >= 11 is 0. The van der Waals surface area contributed by atoms with Crippen molar-refractivity contribution in [3.8, 4) is 0 Å². The van der Waals surface area contributed by atoms with Gasteiger partial charge in [0.15, 0.2) is 0 Å². The van der Waals surface area contributed by atoms with Gasteiger partial charge in [-0.3, -0.25) is 19.5 Å². The van der Waals surface area contributed by atoms with E-state index in [1.807, 2.05) is 4.90 Å². The molecule has 0 spiro atoms. The summed E-state index contributed by atoms with van der Waals surface area (Å²) in [7, 11) is 3.52. The largest absolute Gasteiger partial charge is 0.348 e. The van der Waals surface area contributed by atoms with Crippen LogP contribution in [0.15, 0.2) is 18.3 Å². The van der Waals surface area contributed by atoms with Crippen molar-refractivity contribution in [1.29, 1.82) is 0 Å². The zero-order valence-corrected chi connectivity index (χ0v) is 14.1. The molecule has 2 aliphatic rings.